The molecule has 0 aliphatic heterocycles. The fourth-order valence-electron chi connectivity index (χ4n) is 2.82. The number of carbonyl (C=O) groups is 1. The van der Waals surface area contributed by atoms with E-state index in [1.165, 1.54) is 4.70 Å². The fourth-order valence-corrected chi connectivity index (χ4v) is 3.83. The molecule has 5 nitrogen and oxygen atoms in total. The van der Waals surface area contributed by atoms with Crippen molar-refractivity contribution in [3.63, 3.8) is 0 Å². The lowest BCUT2D eigenvalue weighted by Gasteiger charge is -2.02. The molecule has 0 fully saturated rings. The van der Waals surface area contributed by atoms with Crippen LogP contribution < -0.4 is 5.32 Å². The third-order valence-electron chi connectivity index (χ3n) is 4.14. The fraction of sp³-hybridized carbons (Fsp3) is 0.190. The van der Waals surface area contributed by atoms with E-state index in [1.807, 2.05) is 48.5 Å². The van der Waals surface area contributed by atoms with E-state index in [4.69, 9.17) is 4.42 Å². The van der Waals surface area contributed by atoms with Crippen LogP contribution in [0.4, 0.5) is 0 Å². The van der Waals surface area contributed by atoms with Gasteiger partial charge in [0, 0.05) is 18.5 Å². The molecule has 136 valence electrons. The van der Waals surface area contributed by atoms with Gasteiger partial charge in [0.2, 0.25) is 11.8 Å². The number of para-hydroxylation sites is 1. The Bertz CT molecular complexity index is 1010. The van der Waals surface area contributed by atoms with E-state index in [0.29, 0.717) is 18.1 Å². The molecule has 0 unspecified atom stereocenters. The maximum Gasteiger partial charge on any atom is 0.226 e. The molecule has 0 atom stereocenters. The van der Waals surface area contributed by atoms with E-state index in [-0.39, 0.29) is 12.3 Å². The van der Waals surface area contributed by atoms with Crippen molar-refractivity contribution in [3.8, 4) is 11.5 Å². The van der Waals surface area contributed by atoms with Gasteiger partial charge in [-0.3, -0.25) is 4.79 Å². The van der Waals surface area contributed by atoms with Crippen LogP contribution in [0.5, 0.6) is 0 Å². The monoisotopic (exact) mass is 377 g/mol. The highest BCUT2D eigenvalue weighted by Gasteiger charge is 2.10. The number of aromatic nitrogens is 2. The standard InChI is InChI=1S/C21H19N3O2S/c25-19(13-16-14-26-21(23-16)15-7-2-1-3-8-15)22-12-6-11-20-24-17-9-4-5-10-18(17)27-20/h1-5,7-10,14H,6,11-13H2,(H,22,25). The van der Waals surface area contributed by atoms with Crippen LogP contribution in [-0.2, 0) is 17.6 Å². The molecule has 2 aromatic heterocycles. The number of nitrogens with zero attached hydrogens (tertiary/aromatic N) is 2. The summed E-state index contributed by atoms with van der Waals surface area (Å²) < 4.78 is 6.67. The Kier molecular flexibility index (Phi) is 5.25. The second-order valence-electron chi connectivity index (χ2n) is 6.22. The summed E-state index contributed by atoms with van der Waals surface area (Å²) >= 11 is 1.71. The van der Waals surface area contributed by atoms with Crippen molar-refractivity contribution in [3.05, 3.63) is 71.6 Å². The first kappa shape index (κ1) is 17.4. The predicted molar refractivity (Wildman–Crippen MR) is 107 cm³/mol. The Hall–Kier alpha value is -2.99. The smallest absolute Gasteiger partial charge is 0.226 e. The van der Waals surface area contributed by atoms with E-state index < -0.39 is 0 Å². The molecule has 0 aliphatic rings. The van der Waals surface area contributed by atoms with Gasteiger partial charge >= 0.3 is 0 Å². The summed E-state index contributed by atoms with van der Waals surface area (Å²) in [6.07, 6.45) is 3.49. The highest BCUT2D eigenvalue weighted by molar-refractivity contribution is 7.18. The average molecular weight is 377 g/mol. The average Bonchev–Trinajstić information content (AvgIpc) is 3.32. The molecule has 4 rings (SSSR count). The predicted octanol–water partition coefficient (Wildman–Crippen LogP) is 4.24. The van der Waals surface area contributed by atoms with Crippen molar-refractivity contribution in [1.29, 1.82) is 0 Å². The molecular formula is C21H19N3O2S. The Morgan fingerprint density at radius 3 is 2.70 bits per heavy atom. The molecule has 0 spiro atoms. The van der Waals surface area contributed by atoms with Gasteiger partial charge in [-0.25, -0.2) is 9.97 Å². The lowest BCUT2D eigenvalue weighted by atomic mass is 10.2. The highest BCUT2D eigenvalue weighted by atomic mass is 32.1. The number of rotatable bonds is 7. The van der Waals surface area contributed by atoms with E-state index in [9.17, 15) is 4.79 Å². The van der Waals surface area contributed by atoms with Crippen LogP contribution in [-0.4, -0.2) is 22.4 Å². The molecule has 2 aromatic carbocycles. The number of oxazole rings is 1. The van der Waals surface area contributed by atoms with Gasteiger partial charge in [-0.05, 0) is 30.7 Å². The van der Waals surface area contributed by atoms with Crippen LogP contribution in [0.3, 0.4) is 0 Å². The Morgan fingerprint density at radius 1 is 1.04 bits per heavy atom. The number of amides is 1. The third-order valence-corrected chi connectivity index (χ3v) is 5.24. The van der Waals surface area contributed by atoms with Crippen molar-refractivity contribution in [2.24, 2.45) is 0 Å². The Labute approximate surface area is 161 Å². The minimum Gasteiger partial charge on any atom is -0.444 e. The number of hydrogen-bond donors (Lipinski definition) is 1. The van der Waals surface area contributed by atoms with Gasteiger partial charge in [0.05, 0.1) is 27.3 Å². The van der Waals surface area contributed by atoms with E-state index in [2.05, 4.69) is 21.4 Å². The zero-order valence-electron chi connectivity index (χ0n) is 14.7. The number of aryl methyl sites for hydroxylation is 1. The number of thiazole rings is 1. The van der Waals surface area contributed by atoms with Gasteiger partial charge in [-0.1, -0.05) is 30.3 Å². The molecule has 0 saturated heterocycles. The van der Waals surface area contributed by atoms with Gasteiger partial charge in [0.1, 0.15) is 6.26 Å². The molecule has 0 aliphatic carbocycles. The minimum absolute atomic E-state index is 0.0489. The lowest BCUT2D eigenvalue weighted by molar-refractivity contribution is -0.120. The summed E-state index contributed by atoms with van der Waals surface area (Å²) in [7, 11) is 0. The number of fused-ring (bicyclic) bond motifs is 1. The van der Waals surface area contributed by atoms with Gasteiger partial charge in [-0.15, -0.1) is 11.3 Å². The van der Waals surface area contributed by atoms with Crippen molar-refractivity contribution in [2.75, 3.05) is 6.54 Å². The highest BCUT2D eigenvalue weighted by Crippen LogP contribution is 2.22. The van der Waals surface area contributed by atoms with E-state index in [1.54, 1.807) is 17.6 Å². The number of benzene rings is 2. The maximum atomic E-state index is 12.1. The quantitative estimate of drug-likeness (QED) is 0.489. The Balaban J connectivity index is 1.23. The zero-order chi connectivity index (χ0) is 18.5. The number of hydrogen-bond acceptors (Lipinski definition) is 5. The molecule has 0 radical (unpaired) electrons. The molecule has 0 saturated carbocycles. The maximum absolute atomic E-state index is 12.1. The largest absolute Gasteiger partial charge is 0.444 e. The second kappa shape index (κ2) is 8.14. The van der Waals surface area contributed by atoms with Crippen LogP contribution in [0, 0.1) is 0 Å². The summed E-state index contributed by atoms with van der Waals surface area (Å²) in [5.74, 6) is 0.487. The van der Waals surface area contributed by atoms with Crippen LogP contribution in [0.25, 0.3) is 21.7 Å². The molecule has 27 heavy (non-hydrogen) atoms. The molecule has 1 amide bonds. The molecule has 1 N–H and O–H groups in total. The first-order valence-corrected chi connectivity index (χ1v) is 9.70. The summed E-state index contributed by atoms with van der Waals surface area (Å²) in [6.45, 7) is 0.623. The molecule has 6 heteroatoms. The van der Waals surface area contributed by atoms with Gasteiger partial charge in [0.15, 0.2) is 0 Å². The van der Waals surface area contributed by atoms with Crippen LogP contribution >= 0.6 is 11.3 Å². The second-order valence-corrected chi connectivity index (χ2v) is 7.33. The molecule has 4 aromatic rings. The first-order chi connectivity index (χ1) is 13.3. The molecule has 2 heterocycles. The van der Waals surface area contributed by atoms with E-state index >= 15 is 0 Å². The Morgan fingerprint density at radius 2 is 1.85 bits per heavy atom. The van der Waals surface area contributed by atoms with Gasteiger partial charge in [0.25, 0.3) is 0 Å². The minimum atomic E-state index is -0.0489. The topological polar surface area (TPSA) is 68.0 Å². The van der Waals surface area contributed by atoms with Crippen molar-refractivity contribution >= 4 is 27.5 Å². The van der Waals surface area contributed by atoms with Crippen LogP contribution in [0.15, 0.2) is 65.3 Å². The van der Waals surface area contributed by atoms with Crippen LogP contribution in [0.2, 0.25) is 0 Å². The van der Waals surface area contributed by atoms with E-state index in [0.717, 1.165) is 28.9 Å². The summed E-state index contributed by atoms with van der Waals surface area (Å²) in [6, 6.07) is 17.8. The normalized spacial score (nSPS) is 11.0. The first-order valence-electron chi connectivity index (χ1n) is 8.89. The summed E-state index contributed by atoms with van der Waals surface area (Å²) in [5.41, 5.74) is 2.58. The summed E-state index contributed by atoms with van der Waals surface area (Å²) in [4.78, 5) is 21.1. The number of nitrogens with one attached hydrogen (secondary N) is 1. The third kappa shape index (κ3) is 4.41. The van der Waals surface area contributed by atoms with Gasteiger partial charge in [-0.2, -0.15) is 0 Å². The lowest BCUT2D eigenvalue weighted by Crippen LogP contribution is -2.26. The van der Waals surface area contributed by atoms with Crippen molar-refractivity contribution in [2.45, 2.75) is 19.3 Å². The SMILES string of the molecule is O=C(Cc1coc(-c2ccccc2)n1)NCCCc1nc2ccccc2s1. The zero-order valence-corrected chi connectivity index (χ0v) is 15.5. The van der Waals surface area contributed by atoms with Crippen molar-refractivity contribution < 1.29 is 9.21 Å². The van der Waals surface area contributed by atoms with Crippen molar-refractivity contribution in [1.82, 2.24) is 15.3 Å². The van der Waals surface area contributed by atoms with Crippen LogP contribution in [0.1, 0.15) is 17.1 Å². The van der Waals surface area contributed by atoms with Gasteiger partial charge < -0.3 is 9.73 Å². The molecular weight excluding hydrogens is 358 g/mol. The summed E-state index contributed by atoms with van der Waals surface area (Å²) in [5, 5.41) is 4.05. The molecule has 0 bridgehead atoms. The number of carbonyl (C=O) groups excluding carboxylic acids is 1.